The van der Waals surface area contributed by atoms with Crippen molar-refractivity contribution >= 4 is 38.5 Å². The van der Waals surface area contributed by atoms with E-state index in [1.54, 1.807) is 10.4 Å². The molecule has 21 heavy (non-hydrogen) atoms. The van der Waals surface area contributed by atoms with E-state index in [0.717, 1.165) is 29.5 Å². The predicted molar refractivity (Wildman–Crippen MR) is 94.5 cm³/mol. The Balaban J connectivity index is 1.92. The molecule has 1 aromatic carbocycles. The number of rotatable bonds is 6. The van der Waals surface area contributed by atoms with Gasteiger partial charge in [-0.3, -0.25) is 4.72 Å². The molecule has 0 aromatic heterocycles. The molecule has 1 fully saturated rings. The molecule has 1 aromatic rings. The van der Waals surface area contributed by atoms with Crippen LogP contribution in [0.3, 0.4) is 0 Å². The second-order valence-electron chi connectivity index (χ2n) is 5.27. The van der Waals surface area contributed by atoms with Crippen molar-refractivity contribution in [1.29, 1.82) is 0 Å². The predicted octanol–water partition coefficient (Wildman–Crippen LogP) is 2.27. The first-order chi connectivity index (χ1) is 10.0. The van der Waals surface area contributed by atoms with E-state index in [-0.39, 0.29) is 0 Å². The summed E-state index contributed by atoms with van der Waals surface area (Å²) in [5, 5.41) is 3.33. The highest BCUT2D eigenvalue weighted by Gasteiger charge is 2.27. The molecule has 1 saturated heterocycles. The van der Waals surface area contributed by atoms with Gasteiger partial charge in [0.05, 0.1) is 5.69 Å². The minimum absolute atomic E-state index is 0.578. The SMILES string of the molecule is CCNCC1CCN(S(=O)(=O)Nc2cccc(I)c2)CC1. The van der Waals surface area contributed by atoms with E-state index in [4.69, 9.17) is 0 Å². The van der Waals surface area contributed by atoms with Crippen LogP contribution in [0.15, 0.2) is 24.3 Å². The molecule has 2 rings (SSSR count). The van der Waals surface area contributed by atoms with Crippen LogP contribution in [0.25, 0.3) is 0 Å². The molecule has 0 radical (unpaired) electrons. The summed E-state index contributed by atoms with van der Waals surface area (Å²) in [6.07, 6.45) is 1.83. The third kappa shape index (κ3) is 5.08. The molecule has 7 heteroatoms. The lowest BCUT2D eigenvalue weighted by molar-refractivity contribution is 0.269. The van der Waals surface area contributed by atoms with Crippen molar-refractivity contribution in [2.24, 2.45) is 5.92 Å². The largest absolute Gasteiger partial charge is 0.317 e. The second kappa shape index (κ2) is 7.75. The maximum absolute atomic E-state index is 12.4. The highest BCUT2D eigenvalue weighted by Crippen LogP contribution is 2.21. The highest BCUT2D eigenvalue weighted by molar-refractivity contribution is 14.1. The van der Waals surface area contributed by atoms with E-state index >= 15 is 0 Å². The maximum Gasteiger partial charge on any atom is 0.301 e. The minimum Gasteiger partial charge on any atom is -0.317 e. The summed E-state index contributed by atoms with van der Waals surface area (Å²) in [6.45, 7) is 5.22. The fourth-order valence-electron chi connectivity index (χ4n) is 2.47. The Labute approximate surface area is 140 Å². The lowest BCUT2D eigenvalue weighted by atomic mass is 9.98. The molecular weight excluding hydrogens is 401 g/mol. The standard InChI is InChI=1S/C14H22IN3O2S/c1-2-16-11-12-6-8-18(9-7-12)21(19,20)17-14-5-3-4-13(15)10-14/h3-5,10,12,16-17H,2,6-9,11H2,1H3. The summed E-state index contributed by atoms with van der Waals surface area (Å²) < 4.78 is 30.0. The molecule has 0 atom stereocenters. The van der Waals surface area contributed by atoms with Crippen molar-refractivity contribution < 1.29 is 8.42 Å². The first-order valence-electron chi connectivity index (χ1n) is 7.25. The van der Waals surface area contributed by atoms with Crippen molar-refractivity contribution in [2.45, 2.75) is 19.8 Å². The summed E-state index contributed by atoms with van der Waals surface area (Å²) in [4.78, 5) is 0. The quantitative estimate of drug-likeness (QED) is 0.691. The van der Waals surface area contributed by atoms with E-state index in [0.29, 0.717) is 24.7 Å². The van der Waals surface area contributed by atoms with Crippen LogP contribution in [-0.4, -0.2) is 38.9 Å². The van der Waals surface area contributed by atoms with Crippen molar-refractivity contribution in [2.75, 3.05) is 30.9 Å². The number of benzene rings is 1. The molecule has 1 heterocycles. The smallest absolute Gasteiger partial charge is 0.301 e. The van der Waals surface area contributed by atoms with Gasteiger partial charge in [0.1, 0.15) is 0 Å². The van der Waals surface area contributed by atoms with Gasteiger partial charge in [-0.05, 0) is 72.6 Å². The van der Waals surface area contributed by atoms with Gasteiger partial charge < -0.3 is 5.32 Å². The Morgan fingerprint density at radius 2 is 2.05 bits per heavy atom. The number of halogens is 1. The zero-order chi connectivity index (χ0) is 15.3. The van der Waals surface area contributed by atoms with Crippen LogP contribution < -0.4 is 10.0 Å². The van der Waals surface area contributed by atoms with Crippen molar-refractivity contribution in [3.63, 3.8) is 0 Å². The summed E-state index contributed by atoms with van der Waals surface area (Å²) in [5.41, 5.74) is 0.622. The van der Waals surface area contributed by atoms with Gasteiger partial charge in [0.15, 0.2) is 0 Å². The van der Waals surface area contributed by atoms with Crippen LogP contribution in [0.4, 0.5) is 5.69 Å². The van der Waals surface area contributed by atoms with E-state index in [1.807, 2.05) is 18.2 Å². The van der Waals surface area contributed by atoms with Gasteiger partial charge in [-0.2, -0.15) is 12.7 Å². The number of hydrogen-bond acceptors (Lipinski definition) is 3. The van der Waals surface area contributed by atoms with E-state index in [1.165, 1.54) is 0 Å². The lowest BCUT2D eigenvalue weighted by Crippen LogP contribution is -2.43. The van der Waals surface area contributed by atoms with Crippen molar-refractivity contribution in [3.8, 4) is 0 Å². The van der Waals surface area contributed by atoms with Crippen LogP contribution in [-0.2, 0) is 10.2 Å². The Morgan fingerprint density at radius 3 is 2.67 bits per heavy atom. The van der Waals surface area contributed by atoms with Crippen molar-refractivity contribution in [1.82, 2.24) is 9.62 Å². The Morgan fingerprint density at radius 1 is 1.33 bits per heavy atom. The number of nitrogens with one attached hydrogen (secondary N) is 2. The molecule has 1 aliphatic rings. The molecule has 0 unspecified atom stereocenters. The summed E-state index contributed by atoms with van der Waals surface area (Å²) in [7, 11) is -3.44. The molecule has 2 N–H and O–H groups in total. The molecular formula is C14H22IN3O2S. The zero-order valence-electron chi connectivity index (χ0n) is 12.2. The maximum atomic E-state index is 12.4. The molecule has 0 aliphatic carbocycles. The average molecular weight is 423 g/mol. The van der Waals surface area contributed by atoms with Gasteiger partial charge in [0.25, 0.3) is 0 Å². The molecule has 0 amide bonds. The molecule has 0 saturated carbocycles. The first-order valence-corrected chi connectivity index (χ1v) is 9.77. The molecule has 0 bridgehead atoms. The van der Waals surface area contributed by atoms with Crippen LogP contribution in [0.5, 0.6) is 0 Å². The van der Waals surface area contributed by atoms with Crippen LogP contribution >= 0.6 is 22.6 Å². The summed E-state index contributed by atoms with van der Waals surface area (Å²) in [6, 6.07) is 7.39. The molecule has 0 spiro atoms. The summed E-state index contributed by atoms with van der Waals surface area (Å²) in [5.74, 6) is 0.578. The van der Waals surface area contributed by atoms with Gasteiger partial charge in [-0.1, -0.05) is 13.0 Å². The number of hydrogen-bond donors (Lipinski definition) is 2. The molecule has 118 valence electrons. The summed E-state index contributed by atoms with van der Waals surface area (Å²) >= 11 is 2.17. The van der Waals surface area contributed by atoms with E-state index in [2.05, 4.69) is 39.6 Å². The fraction of sp³-hybridized carbons (Fsp3) is 0.571. The Bertz CT molecular complexity index is 557. The average Bonchev–Trinajstić information content (AvgIpc) is 2.45. The van der Waals surface area contributed by atoms with Gasteiger partial charge >= 0.3 is 10.2 Å². The second-order valence-corrected chi connectivity index (χ2v) is 8.18. The monoisotopic (exact) mass is 423 g/mol. The zero-order valence-corrected chi connectivity index (χ0v) is 15.2. The first kappa shape index (κ1) is 17.0. The van der Waals surface area contributed by atoms with E-state index < -0.39 is 10.2 Å². The van der Waals surface area contributed by atoms with Crippen LogP contribution in [0, 0.1) is 9.49 Å². The van der Waals surface area contributed by atoms with E-state index in [9.17, 15) is 8.42 Å². The topological polar surface area (TPSA) is 61.4 Å². The normalized spacial score (nSPS) is 17.8. The Kier molecular flexibility index (Phi) is 6.27. The van der Waals surface area contributed by atoms with Crippen molar-refractivity contribution in [3.05, 3.63) is 27.8 Å². The molecule has 5 nitrogen and oxygen atoms in total. The van der Waals surface area contributed by atoms with Crippen LogP contribution in [0.1, 0.15) is 19.8 Å². The number of piperidine rings is 1. The third-order valence-electron chi connectivity index (χ3n) is 3.67. The van der Waals surface area contributed by atoms with Gasteiger partial charge in [-0.15, -0.1) is 0 Å². The fourth-order valence-corrected chi connectivity index (χ4v) is 4.26. The minimum atomic E-state index is -3.44. The molecule has 1 aliphatic heterocycles. The van der Waals surface area contributed by atoms with Gasteiger partial charge in [0, 0.05) is 16.7 Å². The number of nitrogens with zero attached hydrogens (tertiary/aromatic N) is 1. The lowest BCUT2D eigenvalue weighted by Gasteiger charge is -2.31. The van der Waals surface area contributed by atoms with Gasteiger partial charge in [0.2, 0.25) is 0 Å². The highest BCUT2D eigenvalue weighted by atomic mass is 127. The number of anilines is 1. The third-order valence-corrected chi connectivity index (χ3v) is 5.88. The van der Waals surface area contributed by atoms with Crippen LogP contribution in [0.2, 0.25) is 0 Å². The Hall–Kier alpha value is -0.380. The van der Waals surface area contributed by atoms with Gasteiger partial charge in [-0.25, -0.2) is 0 Å².